The third-order valence-electron chi connectivity index (χ3n) is 3.27. The van der Waals surface area contributed by atoms with Crippen LogP contribution >= 0.6 is 38.6 Å². The number of rotatable bonds is 5. The van der Waals surface area contributed by atoms with E-state index in [1.54, 1.807) is 6.07 Å². The van der Waals surface area contributed by atoms with Crippen molar-refractivity contribution in [3.63, 3.8) is 0 Å². The van der Waals surface area contributed by atoms with Crippen molar-refractivity contribution in [1.29, 1.82) is 0 Å². The lowest BCUT2D eigenvalue weighted by Crippen LogP contribution is -2.21. The summed E-state index contributed by atoms with van der Waals surface area (Å²) < 4.78 is 32.6. The molecule has 0 saturated carbocycles. The van der Waals surface area contributed by atoms with Gasteiger partial charge in [0.1, 0.15) is 15.5 Å². The smallest absolute Gasteiger partial charge is 0.348 e. The molecular formula is C16H12BrF2N3O3S2. The van der Waals surface area contributed by atoms with Crippen molar-refractivity contribution in [3.8, 4) is 0 Å². The van der Waals surface area contributed by atoms with Crippen molar-refractivity contribution in [2.45, 2.75) is 0 Å². The van der Waals surface area contributed by atoms with Crippen LogP contribution in [0.4, 0.5) is 19.6 Å². The van der Waals surface area contributed by atoms with Gasteiger partial charge in [0.05, 0.1) is 10.4 Å². The van der Waals surface area contributed by atoms with Gasteiger partial charge in [0.2, 0.25) is 0 Å². The Labute approximate surface area is 168 Å². The number of carbonyl (C=O) groups is 2. The van der Waals surface area contributed by atoms with E-state index in [9.17, 15) is 18.4 Å². The molecule has 0 aliphatic heterocycles. The Kier molecular flexibility index (Phi) is 5.72. The SMILES string of the molecule is CN(C)c1nc2sc(C(=O)OCC(=O)Nc3c(F)cc(F)cc3Br)cc2s1. The molecule has 2 heterocycles. The van der Waals surface area contributed by atoms with Crippen LogP contribution in [-0.4, -0.2) is 37.6 Å². The molecule has 6 nitrogen and oxygen atoms in total. The van der Waals surface area contributed by atoms with Crippen LogP contribution in [0.2, 0.25) is 0 Å². The number of hydrogen-bond acceptors (Lipinski definition) is 7. The first-order valence-corrected chi connectivity index (χ1v) is 9.86. The fraction of sp³-hybridized carbons (Fsp3) is 0.188. The molecule has 142 valence electrons. The molecule has 0 saturated heterocycles. The van der Waals surface area contributed by atoms with Crippen molar-refractivity contribution in [1.82, 2.24) is 4.98 Å². The second-order valence-corrected chi connectivity index (χ2v) is 8.43. The highest BCUT2D eigenvalue weighted by Gasteiger charge is 2.18. The molecule has 1 N–H and O–H groups in total. The summed E-state index contributed by atoms with van der Waals surface area (Å²) in [5.74, 6) is -3.15. The van der Waals surface area contributed by atoms with Crippen molar-refractivity contribution >= 4 is 70.8 Å². The molecule has 0 atom stereocenters. The first-order valence-electron chi connectivity index (χ1n) is 7.44. The number of nitrogens with zero attached hydrogens (tertiary/aromatic N) is 2. The zero-order valence-corrected chi connectivity index (χ0v) is 17.2. The van der Waals surface area contributed by atoms with Gasteiger partial charge in [-0.25, -0.2) is 18.6 Å². The van der Waals surface area contributed by atoms with E-state index in [0.717, 1.165) is 27.2 Å². The zero-order chi connectivity index (χ0) is 19.7. The number of amides is 1. The van der Waals surface area contributed by atoms with E-state index in [1.807, 2.05) is 19.0 Å². The molecule has 0 aliphatic carbocycles. The van der Waals surface area contributed by atoms with Gasteiger partial charge in [-0.2, -0.15) is 0 Å². The third kappa shape index (κ3) is 4.42. The molecule has 0 aliphatic rings. The molecule has 3 rings (SSSR count). The van der Waals surface area contributed by atoms with Gasteiger partial charge >= 0.3 is 5.97 Å². The number of thiazole rings is 1. The Hall–Kier alpha value is -2.11. The van der Waals surface area contributed by atoms with Crippen LogP contribution in [0.1, 0.15) is 9.67 Å². The maximum atomic E-state index is 13.7. The van der Waals surface area contributed by atoms with E-state index in [-0.39, 0.29) is 10.2 Å². The maximum Gasteiger partial charge on any atom is 0.348 e. The Bertz CT molecular complexity index is 981. The van der Waals surface area contributed by atoms with Crippen LogP contribution in [-0.2, 0) is 9.53 Å². The Balaban J connectivity index is 1.62. The summed E-state index contributed by atoms with van der Waals surface area (Å²) in [6.07, 6.45) is 0. The number of ether oxygens (including phenoxy) is 1. The van der Waals surface area contributed by atoms with E-state index in [4.69, 9.17) is 4.74 Å². The summed E-state index contributed by atoms with van der Waals surface area (Å²) in [5.41, 5.74) is -0.227. The molecular weight excluding hydrogens is 464 g/mol. The number of anilines is 2. The second-order valence-electron chi connectivity index (χ2n) is 5.54. The molecule has 0 fully saturated rings. The van der Waals surface area contributed by atoms with Gasteiger partial charge < -0.3 is 15.0 Å². The second kappa shape index (κ2) is 7.87. The largest absolute Gasteiger partial charge is 0.451 e. The van der Waals surface area contributed by atoms with Crippen molar-refractivity contribution in [3.05, 3.63) is 39.2 Å². The van der Waals surface area contributed by atoms with E-state index < -0.39 is 30.1 Å². The number of aromatic nitrogens is 1. The molecule has 3 aromatic rings. The average Bonchev–Trinajstić information content (AvgIpc) is 3.15. The van der Waals surface area contributed by atoms with Gasteiger partial charge in [0.25, 0.3) is 5.91 Å². The number of carbonyl (C=O) groups excluding carboxylic acids is 2. The lowest BCUT2D eigenvalue weighted by Gasteiger charge is -2.09. The van der Waals surface area contributed by atoms with Gasteiger partial charge in [0, 0.05) is 24.6 Å². The summed E-state index contributed by atoms with van der Waals surface area (Å²) in [4.78, 5) is 31.3. The minimum absolute atomic E-state index is 0.0425. The monoisotopic (exact) mass is 475 g/mol. The van der Waals surface area contributed by atoms with Crippen molar-refractivity contribution in [2.75, 3.05) is 30.9 Å². The molecule has 1 amide bonds. The number of benzene rings is 1. The van der Waals surface area contributed by atoms with E-state index in [0.29, 0.717) is 15.8 Å². The summed E-state index contributed by atoms with van der Waals surface area (Å²) in [6, 6.07) is 3.30. The van der Waals surface area contributed by atoms with Crippen molar-refractivity contribution < 1.29 is 23.1 Å². The third-order valence-corrected chi connectivity index (χ3v) is 6.20. The number of nitrogens with one attached hydrogen (secondary N) is 1. The molecule has 1 aromatic carbocycles. The highest BCUT2D eigenvalue weighted by atomic mass is 79.9. The van der Waals surface area contributed by atoms with Gasteiger partial charge in [0.15, 0.2) is 17.6 Å². The Morgan fingerprint density at radius 2 is 2.00 bits per heavy atom. The zero-order valence-electron chi connectivity index (χ0n) is 14.0. The summed E-state index contributed by atoms with van der Waals surface area (Å²) in [5, 5.41) is 3.06. The number of hydrogen-bond donors (Lipinski definition) is 1. The van der Waals surface area contributed by atoms with Crippen molar-refractivity contribution in [2.24, 2.45) is 0 Å². The van der Waals surface area contributed by atoms with Crippen LogP contribution in [0.3, 0.4) is 0 Å². The summed E-state index contributed by atoms with van der Waals surface area (Å²) in [6.45, 7) is -0.607. The molecule has 0 radical (unpaired) electrons. The fourth-order valence-corrected chi connectivity index (χ4v) is 4.59. The topological polar surface area (TPSA) is 71.5 Å². The van der Waals surface area contributed by atoms with Crippen LogP contribution in [0, 0.1) is 11.6 Å². The van der Waals surface area contributed by atoms with Gasteiger partial charge in [-0.1, -0.05) is 11.3 Å². The Morgan fingerprint density at radius 1 is 1.26 bits per heavy atom. The molecule has 2 aromatic heterocycles. The molecule has 0 unspecified atom stereocenters. The summed E-state index contributed by atoms with van der Waals surface area (Å²) in [7, 11) is 3.75. The average molecular weight is 476 g/mol. The maximum absolute atomic E-state index is 13.7. The number of thiophene rings is 1. The standard InChI is InChI=1S/C16H12BrF2N3O3S2/c1-22(2)16-21-14-10(27-16)5-11(26-14)15(24)25-6-12(23)20-13-8(17)3-7(18)4-9(13)19/h3-5H,6H2,1-2H3,(H,20,23). The first-order chi connectivity index (χ1) is 12.7. The minimum Gasteiger partial charge on any atom is -0.451 e. The normalized spacial score (nSPS) is 10.9. The van der Waals surface area contributed by atoms with Crippen LogP contribution in [0.25, 0.3) is 9.53 Å². The van der Waals surface area contributed by atoms with Gasteiger partial charge in [-0.15, -0.1) is 11.3 Å². The number of fused-ring (bicyclic) bond motifs is 1. The van der Waals surface area contributed by atoms with Gasteiger partial charge in [-0.05, 0) is 28.1 Å². The quantitative estimate of drug-likeness (QED) is 0.558. The first kappa shape index (κ1) is 19.6. The molecule has 0 spiro atoms. The predicted molar refractivity (Wildman–Crippen MR) is 105 cm³/mol. The van der Waals surface area contributed by atoms with Crippen LogP contribution in [0.15, 0.2) is 22.7 Å². The van der Waals surface area contributed by atoms with E-state index in [2.05, 4.69) is 26.2 Å². The van der Waals surface area contributed by atoms with Gasteiger partial charge in [-0.3, -0.25) is 4.79 Å². The van der Waals surface area contributed by atoms with E-state index >= 15 is 0 Å². The predicted octanol–water partition coefficient (Wildman–Crippen LogP) is 4.26. The molecule has 27 heavy (non-hydrogen) atoms. The fourth-order valence-electron chi connectivity index (χ4n) is 2.06. The number of halogens is 3. The summed E-state index contributed by atoms with van der Waals surface area (Å²) >= 11 is 5.56. The minimum atomic E-state index is -0.942. The molecule has 11 heteroatoms. The van der Waals surface area contributed by atoms with Crippen LogP contribution < -0.4 is 10.2 Å². The molecule has 0 bridgehead atoms. The van der Waals surface area contributed by atoms with Crippen LogP contribution in [0.5, 0.6) is 0 Å². The number of esters is 1. The lowest BCUT2D eigenvalue weighted by atomic mass is 10.3. The van der Waals surface area contributed by atoms with E-state index in [1.165, 1.54) is 11.3 Å². The highest BCUT2D eigenvalue weighted by Crippen LogP contribution is 2.34. The Morgan fingerprint density at radius 3 is 2.63 bits per heavy atom. The highest BCUT2D eigenvalue weighted by molar-refractivity contribution is 9.10. The lowest BCUT2D eigenvalue weighted by molar-refractivity contribution is -0.119.